The van der Waals surface area contributed by atoms with Gasteiger partial charge in [0.1, 0.15) is 0 Å². The molecule has 1 aliphatic rings. The van der Waals surface area contributed by atoms with Gasteiger partial charge in [0.15, 0.2) is 0 Å². The van der Waals surface area contributed by atoms with Crippen molar-refractivity contribution in [2.24, 2.45) is 11.1 Å². The largest absolute Gasteiger partial charge is 0.319 e. The summed E-state index contributed by atoms with van der Waals surface area (Å²) in [6.07, 6.45) is 4.84. The number of fused-ring (bicyclic) bond motifs is 1. The fourth-order valence-corrected chi connectivity index (χ4v) is 3.72. The van der Waals surface area contributed by atoms with Crippen molar-refractivity contribution in [1.82, 2.24) is 0 Å². The van der Waals surface area contributed by atoms with Crippen molar-refractivity contribution in [3.8, 4) is 0 Å². The zero-order valence-electron chi connectivity index (χ0n) is 12.7. The Labute approximate surface area is 131 Å². The fourth-order valence-electron chi connectivity index (χ4n) is 2.43. The SMILES string of the molecule is Cc1c(NC(=O)[C@@H](N)C(C)(C)C)sc2c1CCCC2.Cl. The molecule has 1 amide bonds. The molecule has 0 saturated heterocycles. The predicted molar refractivity (Wildman–Crippen MR) is 89.0 cm³/mol. The number of nitrogens with one attached hydrogen (secondary N) is 1. The van der Waals surface area contributed by atoms with Crippen molar-refractivity contribution in [2.75, 3.05) is 5.32 Å². The number of nitrogens with two attached hydrogens (primary N) is 1. The van der Waals surface area contributed by atoms with E-state index in [9.17, 15) is 4.79 Å². The number of carbonyl (C=O) groups excluding carboxylic acids is 1. The van der Waals surface area contributed by atoms with E-state index in [2.05, 4.69) is 12.2 Å². The normalized spacial score (nSPS) is 16.1. The number of thiophene rings is 1. The highest BCUT2D eigenvalue weighted by molar-refractivity contribution is 7.16. The van der Waals surface area contributed by atoms with Crippen molar-refractivity contribution in [3.05, 3.63) is 16.0 Å². The second-order valence-electron chi connectivity index (χ2n) is 6.50. The number of hydrogen-bond acceptors (Lipinski definition) is 3. The maximum Gasteiger partial charge on any atom is 0.242 e. The van der Waals surface area contributed by atoms with Crippen LogP contribution >= 0.6 is 23.7 Å². The number of amides is 1. The number of hydrogen-bond donors (Lipinski definition) is 2. The number of carbonyl (C=O) groups is 1. The molecule has 0 radical (unpaired) electrons. The Hall–Kier alpha value is -0.580. The van der Waals surface area contributed by atoms with E-state index in [0.29, 0.717) is 0 Å². The summed E-state index contributed by atoms with van der Waals surface area (Å²) in [5, 5.41) is 4.03. The van der Waals surface area contributed by atoms with Crippen LogP contribution in [0, 0.1) is 12.3 Å². The van der Waals surface area contributed by atoms with E-state index >= 15 is 0 Å². The van der Waals surface area contributed by atoms with Crippen LogP contribution in [0.1, 0.15) is 49.6 Å². The number of halogens is 1. The second-order valence-corrected chi connectivity index (χ2v) is 7.60. The summed E-state index contributed by atoms with van der Waals surface area (Å²) in [5.74, 6) is -0.0748. The third kappa shape index (κ3) is 3.54. The Balaban J connectivity index is 0.00000200. The Kier molecular flexibility index (Phi) is 5.64. The standard InChI is InChI=1S/C15H24N2OS.ClH/c1-9-10-7-5-6-8-11(10)19-14(9)17-13(18)12(16)15(2,3)4;/h12H,5-8,16H2,1-4H3,(H,17,18);1H/t12-;/m1./s1. The molecule has 20 heavy (non-hydrogen) atoms. The van der Waals surface area contributed by atoms with Crippen molar-refractivity contribution >= 4 is 34.7 Å². The molecule has 0 aromatic carbocycles. The molecular weight excluding hydrogens is 292 g/mol. The molecule has 1 aromatic heterocycles. The maximum absolute atomic E-state index is 12.2. The number of aryl methyl sites for hydroxylation is 1. The molecule has 1 atom stereocenters. The molecule has 1 heterocycles. The van der Waals surface area contributed by atoms with E-state index < -0.39 is 6.04 Å². The highest BCUT2D eigenvalue weighted by Crippen LogP contribution is 2.37. The summed E-state index contributed by atoms with van der Waals surface area (Å²) >= 11 is 1.73. The van der Waals surface area contributed by atoms with Gasteiger partial charge in [0.05, 0.1) is 11.0 Å². The summed E-state index contributed by atoms with van der Waals surface area (Å²) in [4.78, 5) is 13.6. The molecule has 0 fully saturated rings. The Bertz CT molecular complexity index is 491. The first-order valence-electron chi connectivity index (χ1n) is 6.98. The first-order valence-corrected chi connectivity index (χ1v) is 7.80. The van der Waals surface area contributed by atoms with Gasteiger partial charge in [-0.15, -0.1) is 23.7 Å². The van der Waals surface area contributed by atoms with Gasteiger partial charge in [-0.25, -0.2) is 0 Å². The molecule has 3 nitrogen and oxygen atoms in total. The molecule has 0 aliphatic heterocycles. The smallest absolute Gasteiger partial charge is 0.242 e. The second kappa shape index (κ2) is 6.46. The van der Waals surface area contributed by atoms with Crippen molar-refractivity contribution < 1.29 is 4.79 Å². The van der Waals surface area contributed by atoms with Gasteiger partial charge in [0.2, 0.25) is 5.91 Å². The zero-order chi connectivity index (χ0) is 14.2. The van der Waals surface area contributed by atoms with Gasteiger partial charge in [-0.1, -0.05) is 20.8 Å². The Morgan fingerprint density at radius 3 is 2.45 bits per heavy atom. The maximum atomic E-state index is 12.2. The molecule has 0 unspecified atom stereocenters. The molecule has 1 aliphatic carbocycles. The molecule has 114 valence electrons. The van der Waals surface area contributed by atoms with Crippen molar-refractivity contribution in [3.63, 3.8) is 0 Å². The number of anilines is 1. The minimum absolute atomic E-state index is 0. The Morgan fingerprint density at radius 1 is 1.30 bits per heavy atom. The zero-order valence-corrected chi connectivity index (χ0v) is 14.3. The lowest BCUT2D eigenvalue weighted by Gasteiger charge is -2.25. The molecule has 5 heteroatoms. The summed E-state index contributed by atoms with van der Waals surface area (Å²) in [6, 6.07) is -0.481. The highest BCUT2D eigenvalue weighted by Gasteiger charge is 2.28. The summed E-state index contributed by atoms with van der Waals surface area (Å²) in [7, 11) is 0. The van der Waals surface area contributed by atoms with Crippen LogP contribution in [0.5, 0.6) is 0 Å². The topological polar surface area (TPSA) is 55.1 Å². The van der Waals surface area contributed by atoms with E-state index in [4.69, 9.17) is 5.73 Å². The monoisotopic (exact) mass is 316 g/mol. The van der Waals surface area contributed by atoms with E-state index in [1.165, 1.54) is 28.8 Å². The van der Waals surface area contributed by atoms with Crippen LogP contribution in [0.25, 0.3) is 0 Å². The van der Waals surface area contributed by atoms with Crippen LogP contribution in [0.4, 0.5) is 5.00 Å². The van der Waals surface area contributed by atoms with E-state index in [-0.39, 0.29) is 23.7 Å². The number of rotatable bonds is 2. The van der Waals surface area contributed by atoms with Crippen molar-refractivity contribution in [2.45, 2.75) is 59.4 Å². The van der Waals surface area contributed by atoms with Crippen LogP contribution in [0.3, 0.4) is 0 Å². The Morgan fingerprint density at radius 2 is 1.90 bits per heavy atom. The molecule has 0 spiro atoms. The lowest BCUT2D eigenvalue weighted by atomic mass is 9.87. The van der Waals surface area contributed by atoms with Gasteiger partial charge >= 0.3 is 0 Å². The average molecular weight is 317 g/mol. The fraction of sp³-hybridized carbons (Fsp3) is 0.667. The van der Waals surface area contributed by atoms with Gasteiger partial charge in [-0.2, -0.15) is 0 Å². The third-order valence-electron chi connectivity index (χ3n) is 3.89. The van der Waals surface area contributed by atoms with E-state index in [1.807, 2.05) is 20.8 Å². The molecule has 1 aromatic rings. The quantitative estimate of drug-likeness (QED) is 0.874. The summed E-state index contributed by atoms with van der Waals surface area (Å²) in [5.41, 5.74) is 8.49. The van der Waals surface area contributed by atoms with Gasteiger partial charge in [-0.05, 0) is 49.1 Å². The minimum Gasteiger partial charge on any atom is -0.319 e. The molecule has 0 saturated carbocycles. The molecule has 2 rings (SSSR count). The van der Waals surface area contributed by atoms with Crippen LogP contribution in [-0.2, 0) is 17.6 Å². The van der Waals surface area contributed by atoms with Gasteiger partial charge in [0, 0.05) is 4.88 Å². The van der Waals surface area contributed by atoms with Crippen LogP contribution in [0.15, 0.2) is 0 Å². The first kappa shape index (κ1) is 17.5. The molecule has 0 bridgehead atoms. The van der Waals surface area contributed by atoms with Crippen LogP contribution in [0.2, 0.25) is 0 Å². The molecular formula is C15H25ClN2OS. The predicted octanol–water partition coefficient (Wildman–Crippen LogP) is 3.67. The summed E-state index contributed by atoms with van der Waals surface area (Å²) < 4.78 is 0. The van der Waals surface area contributed by atoms with Crippen LogP contribution in [-0.4, -0.2) is 11.9 Å². The van der Waals surface area contributed by atoms with Gasteiger partial charge < -0.3 is 11.1 Å². The van der Waals surface area contributed by atoms with E-state index in [1.54, 1.807) is 11.3 Å². The first-order chi connectivity index (χ1) is 8.80. The lowest BCUT2D eigenvalue weighted by Crippen LogP contribution is -2.45. The van der Waals surface area contributed by atoms with Crippen LogP contribution < -0.4 is 11.1 Å². The van der Waals surface area contributed by atoms with Crippen molar-refractivity contribution in [1.29, 1.82) is 0 Å². The third-order valence-corrected chi connectivity index (χ3v) is 5.20. The highest BCUT2D eigenvalue weighted by atomic mass is 35.5. The van der Waals surface area contributed by atoms with E-state index in [0.717, 1.165) is 17.8 Å². The summed E-state index contributed by atoms with van der Waals surface area (Å²) in [6.45, 7) is 8.08. The molecule has 3 N–H and O–H groups in total. The van der Waals surface area contributed by atoms with Gasteiger partial charge in [0.25, 0.3) is 0 Å². The van der Waals surface area contributed by atoms with Gasteiger partial charge in [-0.3, -0.25) is 4.79 Å². The average Bonchev–Trinajstić information content (AvgIpc) is 2.65. The minimum atomic E-state index is -0.481. The lowest BCUT2D eigenvalue weighted by molar-refractivity contribution is -0.119.